The van der Waals surface area contributed by atoms with E-state index in [1.165, 1.54) is 12.8 Å². The molecule has 0 spiro atoms. The van der Waals surface area contributed by atoms with Crippen LogP contribution in [0.3, 0.4) is 0 Å². The van der Waals surface area contributed by atoms with Crippen molar-refractivity contribution in [3.63, 3.8) is 0 Å². The predicted octanol–water partition coefficient (Wildman–Crippen LogP) is 2.20. The highest BCUT2D eigenvalue weighted by Gasteiger charge is 2.46. The van der Waals surface area contributed by atoms with Crippen molar-refractivity contribution in [1.82, 2.24) is 0 Å². The van der Waals surface area contributed by atoms with E-state index in [1.54, 1.807) is 0 Å². The van der Waals surface area contributed by atoms with Gasteiger partial charge in [0.15, 0.2) is 0 Å². The lowest BCUT2D eigenvalue weighted by Gasteiger charge is -2.48. The molecule has 1 unspecified atom stereocenters. The van der Waals surface area contributed by atoms with Crippen LogP contribution < -0.4 is 0 Å². The van der Waals surface area contributed by atoms with Crippen molar-refractivity contribution in [3.8, 4) is 0 Å². The number of ether oxygens (including phenoxy) is 1. The Hall–Kier alpha value is -0.570. The normalized spacial score (nSPS) is 30.7. The zero-order valence-electron chi connectivity index (χ0n) is 8.50. The van der Waals surface area contributed by atoms with Gasteiger partial charge in [-0.15, -0.1) is 0 Å². The molecule has 1 aliphatic carbocycles. The van der Waals surface area contributed by atoms with E-state index >= 15 is 0 Å². The van der Waals surface area contributed by atoms with E-state index in [2.05, 4.69) is 0 Å². The summed E-state index contributed by atoms with van der Waals surface area (Å²) < 4.78 is 5.72. The van der Waals surface area contributed by atoms with Crippen LogP contribution in [-0.2, 0) is 9.53 Å². The highest BCUT2D eigenvalue weighted by atomic mass is 16.5. The van der Waals surface area contributed by atoms with Crippen LogP contribution in [0.15, 0.2) is 0 Å². The molecule has 2 rings (SSSR count). The van der Waals surface area contributed by atoms with Crippen molar-refractivity contribution in [1.29, 1.82) is 0 Å². The Morgan fingerprint density at radius 1 is 1.36 bits per heavy atom. The minimum atomic E-state index is -0.668. The Balaban J connectivity index is 1.99. The smallest absolute Gasteiger partial charge is 0.304 e. The predicted molar refractivity (Wildman–Crippen MR) is 52.1 cm³/mol. The van der Waals surface area contributed by atoms with Gasteiger partial charge in [-0.25, -0.2) is 0 Å². The molecule has 2 aliphatic rings. The number of hydrogen-bond donors (Lipinski definition) is 1. The molecule has 1 saturated carbocycles. The van der Waals surface area contributed by atoms with Crippen molar-refractivity contribution in [3.05, 3.63) is 0 Å². The second kappa shape index (κ2) is 3.89. The Morgan fingerprint density at radius 3 is 2.57 bits per heavy atom. The molecular formula is C11H18O3. The molecule has 3 heteroatoms. The molecule has 3 nitrogen and oxygen atoms in total. The van der Waals surface area contributed by atoms with Gasteiger partial charge in [0, 0.05) is 12.0 Å². The molecular weight excluding hydrogens is 180 g/mol. The van der Waals surface area contributed by atoms with Crippen LogP contribution in [0.5, 0.6) is 0 Å². The van der Waals surface area contributed by atoms with Crippen molar-refractivity contribution >= 4 is 5.97 Å². The fraction of sp³-hybridized carbons (Fsp3) is 0.909. The molecule has 0 radical (unpaired) electrons. The first kappa shape index (κ1) is 9.97. The summed E-state index contributed by atoms with van der Waals surface area (Å²) in [6, 6.07) is 0. The van der Waals surface area contributed by atoms with E-state index in [0.717, 1.165) is 32.3 Å². The Labute approximate surface area is 84.4 Å². The van der Waals surface area contributed by atoms with E-state index < -0.39 is 5.97 Å². The average Bonchev–Trinajstić information content (AvgIpc) is 2.12. The largest absolute Gasteiger partial charge is 0.481 e. The Kier molecular flexibility index (Phi) is 2.77. The van der Waals surface area contributed by atoms with Gasteiger partial charge in [-0.2, -0.15) is 0 Å². The monoisotopic (exact) mass is 198 g/mol. The Bertz CT molecular complexity index is 215. The zero-order chi connectivity index (χ0) is 10.0. The molecule has 2 fully saturated rings. The van der Waals surface area contributed by atoms with E-state index in [-0.39, 0.29) is 11.5 Å². The molecule has 0 aromatic heterocycles. The lowest BCUT2D eigenvalue weighted by atomic mass is 9.62. The van der Waals surface area contributed by atoms with Crippen LogP contribution in [0.25, 0.3) is 0 Å². The summed E-state index contributed by atoms with van der Waals surface area (Å²) in [5, 5.41) is 8.89. The van der Waals surface area contributed by atoms with Gasteiger partial charge in [0.25, 0.3) is 0 Å². The molecule has 1 atom stereocenters. The molecule has 0 amide bonds. The second-order valence-electron chi connectivity index (χ2n) is 4.64. The van der Waals surface area contributed by atoms with Crippen LogP contribution >= 0.6 is 0 Å². The van der Waals surface area contributed by atoms with Crippen LogP contribution in [-0.4, -0.2) is 23.8 Å². The van der Waals surface area contributed by atoms with Crippen LogP contribution in [0, 0.1) is 5.41 Å². The van der Waals surface area contributed by atoms with E-state index in [9.17, 15) is 4.79 Å². The molecule has 0 aromatic carbocycles. The summed E-state index contributed by atoms with van der Waals surface area (Å²) in [4.78, 5) is 10.8. The quantitative estimate of drug-likeness (QED) is 0.756. The number of aliphatic carboxylic acids is 1. The topological polar surface area (TPSA) is 46.5 Å². The molecule has 1 saturated heterocycles. The SMILES string of the molecule is O=C(O)CC1(C2CCCCO2)CCC1. The van der Waals surface area contributed by atoms with Crippen molar-refractivity contribution in [2.45, 2.75) is 51.0 Å². The molecule has 80 valence electrons. The minimum absolute atomic E-state index is 0.00769. The van der Waals surface area contributed by atoms with Crippen LogP contribution in [0.1, 0.15) is 44.9 Å². The fourth-order valence-corrected chi connectivity index (χ4v) is 2.77. The average molecular weight is 198 g/mol. The highest BCUT2D eigenvalue weighted by Crippen LogP contribution is 2.50. The Morgan fingerprint density at radius 2 is 2.14 bits per heavy atom. The van der Waals surface area contributed by atoms with E-state index in [1.807, 2.05) is 0 Å². The summed E-state index contributed by atoms with van der Waals surface area (Å²) in [5.41, 5.74) is -0.00769. The molecule has 1 N–H and O–H groups in total. The summed E-state index contributed by atoms with van der Waals surface area (Å²) in [5.74, 6) is -0.668. The third kappa shape index (κ3) is 1.78. The lowest BCUT2D eigenvalue weighted by Crippen LogP contribution is -2.45. The van der Waals surface area contributed by atoms with Gasteiger partial charge in [-0.1, -0.05) is 6.42 Å². The number of carboxylic acids is 1. The van der Waals surface area contributed by atoms with Gasteiger partial charge in [0.05, 0.1) is 12.5 Å². The van der Waals surface area contributed by atoms with Gasteiger partial charge in [0.1, 0.15) is 0 Å². The summed E-state index contributed by atoms with van der Waals surface area (Å²) in [6.45, 7) is 0.825. The van der Waals surface area contributed by atoms with Crippen LogP contribution in [0.4, 0.5) is 0 Å². The molecule has 0 bridgehead atoms. The van der Waals surface area contributed by atoms with Gasteiger partial charge in [-0.05, 0) is 32.1 Å². The number of hydrogen-bond acceptors (Lipinski definition) is 2. The summed E-state index contributed by atoms with van der Waals surface area (Å²) in [6.07, 6.45) is 7.19. The zero-order valence-corrected chi connectivity index (χ0v) is 8.50. The van der Waals surface area contributed by atoms with E-state index in [4.69, 9.17) is 9.84 Å². The maximum atomic E-state index is 10.8. The van der Waals surface area contributed by atoms with Gasteiger partial charge in [0.2, 0.25) is 0 Å². The first-order valence-electron chi connectivity index (χ1n) is 5.56. The first-order valence-corrected chi connectivity index (χ1v) is 5.56. The standard InChI is InChI=1S/C11H18O3/c12-10(13)8-11(5-3-6-11)9-4-1-2-7-14-9/h9H,1-8H2,(H,12,13). The van der Waals surface area contributed by atoms with Crippen molar-refractivity contribution < 1.29 is 14.6 Å². The maximum absolute atomic E-state index is 10.8. The van der Waals surface area contributed by atoms with Gasteiger partial charge in [-0.3, -0.25) is 4.79 Å². The highest BCUT2D eigenvalue weighted by molar-refractivity contribution is 5.68. The molecule has 0 aromatic rings. The molecule has 14 heavy (non-hydrogen) atoms. The van der Waals surface area contributed by atoms with Crippen molar-refractivity contribution in [2.75, 3.05) is 6.61 Å². The lowest BCUT2D eigenvalue weighted by molar-refractivity contribution is -0.152. The second-order valence-corrected chi connectivity index (χ2v) is 4.64. The summed E-state index contributed by atoms with van der Waals surface area (Å²) in [7, 11) is 0. The fourth-order valence-electron chi connectivity index (χ4n) is 2.77. The van der Waals surface area contributed by atoms with Gasteiger partial charge < -0.3 is 9.84 Å². The number of carbonyl (C=O) groups is 1. The molecule has 1 aliphatic heterocycles. The third-order valence-corrected chi connectivity index (χ3v) is 3.72. The summed E-state index contributed by atoms with van der Waals surface area (Å²) >= 11 is 0. The molecule has 1 heterocycles. The van der Waals surface area contributed by atoms with Gasteiger partial charge >= 0.3 is 5.97 Å². The maximum Gasteiger partial charge on any atom is 0.304 e. The van der Waals surface area contributed by atoms with E-state index in [0.29, 0.717) is 6.42 Å². The van der Waals surface area contributed by atoms with Crippen LogP contribution in [0.2, 0.25) is 0 Å². The number of rotatable bonds is 3. The number of carboxylic acid groups (broad SMARTS) is 1. The van der Waals surface area contributed by atoms with Crippen molar-refractivity contribution in [2.24, 2.45) is 5.41 Å². The minimum Gasteiger partial charge on any atom is -0.481 e. The third-order valence-electron chi connectivity index (χ3n) is 3.72. The first-order chi connectivity index (χ1) is 6.73.